The second kappa shape index (κ2) is 10.3. The Morgan fingerprint density at radius 1 is 1.18 bits per heavy atom. The second-order valence-corrected chi connectivity index (χ2v) is 8.33. The number of rotatable bonds is 12. The van der Waals surface area contributed by atoms with E-state index in [1.807, 2.05) is 0 Å². The number of carbonyl (C=O) groups excluding carboxylic acids is 1. The molecule has 2 aliphatic rings. The van der Waals surface area contributed by atoms with Crippen molar-refractivity contribution < 1.29 is 23.7 Å². The molecule has 1 aromatic carbocycles. The van der Waals surface area contributed by atoms with Gasteiger partial charge in [0.25, 0.3) is 0 Å². The maximum atomic E-state index is 11.9. The lowest BCUT2D eigenvalue weighted by atomic mass is 9.92. The molecule has 5 heteroatoms. The number of benzene rings is 1. The molecular weight excluding hydrogens is 356 g/mol. The van der Waals surface area contributed by atoms with Gasteiger partial charge in [-0.3, -0.25) is 4.79 Å². The van der Waals surface area contributed by atoms with Crippen LogP contribution in [0.5, 0.6) is 5.75 Å². The first-order valence-electron chi connectivity index (χ1n) is 10.6. The first kappa shape index (κ1) is 21.1. The Morgan fingerprint density at radius 3 is 2.68 bits per heavy atom. The zero-order valence-corrected chi connectivity index (χ0v) is 17.4. The summed E-state index contributed by atoms with van der Waals surface area (Å²) in [4.78, 5) is 11.9. The van der Waals surface area contributed by atoms with Gasteiger partial charge in [0, 0.05) is 26.6 Å². The minimum absolute atomic E-state index is 0.00294. The van der Waals surface area contributed by atoms with Crippen molar-refractivity contribution in [3.63, 3.8) is 0 Å². The summed E-state index contributed by atoms with van der Waals surface area (Å²) >= 11 is 0. The van der Waals surface area contributed by atoms with Crippen molar-refractivity contribution in [2.24, 2.45) is 11.8 Å². The van der Waals surface area contributed by atoms with Gasteiger partial charge in [0.05, 0.1) is 25.7 Å². The van der Waals surface area contributed by atoms with Crippen LogP contribution in [0.4, 0.5) is 0 Å². The fourth-order valence-electron chi connectivity index (χ4n) is 3.72. The van der Waals surface area contributed by atoms with E-state index in [0.717, 1.165) is 30.6 Å². The lowest BCUT2D eigenvalue weighted by Crippen LogP contribution is -2.13. The van der Waals surface area contributed by atoms with Crippen LogP contribution in [0.3, 0.4) is 0 Å². The van der Waals surface area contributed by atoms with Crippen molar-refractivity contribution in [1.29, 1.82) is 0 Å². The van der Waals surface area contributed by atoms with Gasteiger partial charge >= 0.3 is 5.97 Å². The van der Waals surface area contributed by atoms with Crippen molar-refractivity contribution in [3.8, 4) is 5.75 Å². The SMILES string of the molecule is COCCCOc1cc(COCCC2C[C@@H](C(C)C)C(=O)O2)ccc1C1CC1. The molecule has 1 saturated carbocycles. The topological polar surface area (TPSA) is 54.0 Å². The maximum Gasteiger partial charge on any atom is 0.309 e. The lowest BCUT2D eigenvalue weighted by Gasteiger charge is -2.14. The second-order valence-electron chi connectivity index (χ2n) is 8.33. The summed E-state index contributed by atoms with van der Waals surface area (Å²) < 4.78 is 22.4. The summed E-state index contributed by atoms with van der Waals surface area (Å²) in [5.41, 5.74) is 2.44. The van der Waals surface area contributed by atoms with Crippen molar-refractivity contribution >= 4 is 5.97 Å². The van der Waals surface area contributed by atoms with E-state index in [9.17, 15) is 4.79 Å². The van der Waals surface area contributed by atoms with E-state index in [-0.39, 0.29) is 18.0 Å². The predicted molar refractivity (Wildman–Crippen MR) is 108 cm³/mol. The molecule has 2 atom stereocenters. The van der Waals surface area contributed by atoms with Crippen LogP contribution in [0.2, 0.25) is 0 Å². The van der Waals surface area contributed by atoms with Crippen molar-refractivity contribution in [2.45, 2.75) is 64.6 Å². The van der Waals surface area contributed by atoms with Gasteiger partial charge in [0.2, 0.25) is 0 Å². The number of esters is 1. The summed E-state index contributed by atoms with van der Waals surface area (Å²) in [6.07, 6.45) is 4.96. The van der Waals surface area contributed by atoms with Gasteiger partial charge in [-0.05, 0) is 48.3 Å². The summed E-state index contributed by atoms with van der Waals surface area (Å²) in [5, 5.41) is 0. The lowest BCUT2D eigenvalue weighted by molar-refractivity contribution is -0.145. The van der Waals surface area contributed by atoms with Gasteiger partial charge < -0.3 is 18.9 Å². The molecule has 1 aliphatic heterocycles. The van der Waals surface area contributed by atoms with Crippen molar-refractivity contribution in [3.05, 3.63) is 29.3 Å². The summed E-state index contributed by atoms with van der Waals surface area (Å²) in [6, 6.07) is 6.44. The standard InChI is InChI=1S/C23H34O5/c1-16(2)21-14-19(28-23(21)24)9-12-26-15-17-5-8-20(18-6-7-18)22(13-17)27-11-4-10-25-3/h5,8,13,16,18-19,21H,4,6-7,9-12,14-15H2,1-3H3/t19?,21-/m0/s1. The molecule has 28 heavy (non-hydrogen) atoms. The molecule has 1 aromatic rings. The van der Waals surface area contributed by atoms with Crippen LogP contribution in [0.15, 0.2) is 18.2 Å². The average Bonchev–Trinajstić information content (AvgIpc) is 3.44. The van der Waals surface area contributed by atoms with E-state index in [0.29, 0.717) is 38.3 Å². The third kappa shape index (κ3) is 5.95. The summed E-state index contributed by atoms with van der Waals surface area (Å²) in [7, 11) is 1.71. The van der Waals surface area contributed by atoms with Crippen LogP contribution in [0.25, 0.3) is 0 Å². The minimum atomic E-state index is -0.0501. The molecule has 1 saturated heterocycles. The Hall–Kier alpha value is -1.59. The number of cyclic esters (lactones) is 1. The highest BCUT2D eigenvalue weighted by Gasteiger charge is 2.35. The molecule has 5 nitrogen and oxygen atoms in total. The molecule has 0 bridgehead atoms. The van der Waals surface area contributed by atoms with E-state index in [1.54, 1.807) is 7.11 Å². The predicted octanol–water partition coefficient (Wildman–Crippen LogP) is 4.47. The molecule has 2 fully saturated rings. The fourth-order valence-corrected chi connectivity index (χ4v) is 3.72. The highest BCUT2D eigenvalue weighted by Crippen LogP contribution is 2.44. The monoisotopic (exact) mass is 390 g/mol. The number of hydrogen-bond donors (Lipinski definition) is 0. The Bertz CT molecular complexity index is 638. The van der Waals surface area contributed by atoms with Gasteiger partial charge in [-0.1, -0.05) is 26.0 Å². The maximum absolute atomic E-state index is 11.9. The van der Waals surface area contributed by atoms with Crippen LogP contribution in [-0.4, -0.2) is 39.0 Å². The number of methoxy groups -OCH3 is 1. The molecule has 1 aliphatic carbocycles. The quantitative estimate of drug-likeness (QED) is 0.389. The molecule has 0 N–H and O–H groups in total. The Morgan fingerprint density at radius 2 is 2.00 bits per heavy atom. The third-order valence-corrected chi connectivity index (χ3v) is 5.61. The average molecular weight is 391 g/mol. The van der Waals surface area contributed by atoms with Gasteiger partial charge in [0.1, 0.15) is 11.9 Å². The summed E-state index contributed by atoms with van der Waals surface area (Å²) in [5.74, 6) is 1.97. The smallest absolute Gasteiger partial charge is 0.309 e. The highest BCUT2D eigenvalue weighted by atomic mass is 16.6. The highest BCUT2D eigenvalue weighted by molar-refractivity contribution is 5.74. The van der Waals surface area contributed by atoms with E-state index in [1.165, 1.54) is 18.4 Å². The van der Waals surface area contributed by atoms with E-state index >= 15 is 0 Å². The van der Waals surface area contributed by atoms with E-state index in [4.69, 9.17) is 18.9 Å². The van der Waals surface area contributed by atoms with Crippen molar-refractivity contribution in [1.82, 2.24) is 0 Å². The molecule has 1 unspecified atom stereocenters. The Kier molecular flexibility index (Phi) is 7.74. The van der Waals surface area contributed by atoms with Crippen LogP contribution in [0.1, 0.15) is 63.0 Å². The minimum Gasteiger partial charge on any atom is -0.493 e. The third-order valence-electron chi connectivity index (χ3n) is 5.61. The van der Waals surface area contributed by atoms with Gasteiger partial charge in [-0.2, -0.15) is 0 Å². The summed E-state index contributed by atoms with van der Waals surface area (Å²) in [6.45, 7) is 6.67. The molecule has 3 rings (SSSR count). The van der Waals surface area contributed by atoms with E-state index in [2.05, 4.69) is 32.0 Å². The molecule has 0 amide bonds. The molecule has 156 valence electrons. The molecule has 0 aromatic heterocycles. The largest absolute Gasteiger partial charge is 0.493 e. The number of ether oxygens (including phenoxy) is 4. The molecule has 0 spiro atoms. The number of carbonyl (C=O) groups is 1. The van der Waals surface area contributed by atoms with Gasteiger partial charge in [-0.25, -0.2) is 0 Å². The first-order valence-corrected chi connectivity index (χ1v) is 10.6. The van der Waals surface area contributed by atoms with Crippen molar-refractivity contribution in [2.75, 3.05) is 26.9 Å². The molecule has 0 radical (unpaired) electrons. The van der Waals surface area contributed by atoms with Crippen LogP contribution < -0.4 is 4.74 Å². The Labute approximate surface area is 168 Å². The Balaban J connectivity index is 1.44. The van der Waals surface area contributed by atoms with Crippen LogP contribution in [0, 0.1) is 11.8 Å². The molecule has 1 heterocycles. The zero-order chi connectivity index (χ0) is 19.9. The van der Waals surface area contributed by atoms with E-state index < -0.39 is 0 Å². The van der Waals surface area contributed by atoms with Crippen LogP contribution in [-0.2, 0) is 25.6 Å². The van der Waals surface area contributed by atoms with Gasteiger partial charge in [0.15, 0.2) is 0 Å². The number of hydrogen-bond acceptors (Lipinski definition) is 5. The first-order chi connectivity index (χ1) is 13.6. The van der Waals surface area contributed by atoms with Gasteiger partial charge in [-0.15, -0.1) is 0 Å². The van der Waals surface area contributed by atoms with Crippen LogP contribution >= 0.6 is 0 Å². The molecular formula is C23H34O5. The normalized spacial score (nSPS) is 21.9. The zero-order valence-electron chi connectivity index (χ0n) is 17.4. The fraction of sp³-hybridized carbons (Fsp3) is 0.696.